The first-order valence-corrected chi connectivity index (χ1v) is 6.80. The first-order chi connectivity index (χ1) is 8.56. The summed E-state index contributed by atoms with van der Waals surface area (Å²) in [6.07, 6.45) is 0. The van der Waals surface area contributed by atoms with Crippen LogP contribution in [0, 0.1) is 3.57 Å². The first kappa shape index (κ1) is 13.1. The van der Waals surface area contributed by atoms with Crippen molar-refractivity contribution in [2.24, 2.45) is 0 Å². The predicted octanol–water partition coefficient (Wildman–Crippen LogP) is 3.53. The van der Waals surface area contributed by atoms with Gasteiger partial charge in [-0.2, -0.15) is 0 Å². The summed E-state index contributed by atoms with van der Waals surface area (Å²) in [7, 11) is 0. The second-order valence-electron chi connectivity index (χ2n) is 4.30. The summed E-state index contributed by atoms with van der Waals surface area (Å²) in [6.45, 7) is 4.09. The predicted molar refractivity (Wildman–Crippen MR) is 83.0 cm³/mol. The summed E-state index contributed by atoms with van der Waals surface area (Å²) in [5.74, 6) is 2.23. The fourth-order valence-electron chi connectivity index (χ4n) is 1.51. The molecule has 1 aromatic carbocycles. The molecule has 0 spiro atoms. The monoisotopic (exact) mass is 354 g/mol. The number of para-hydroxylation sites is 1. The summed E-state index contributed by atoms with van der Waals surface area (Å²) in [4.78, 5) is 8.69. The summed E-state index contributed by atoms with van der Waals surface area (Å²) in [6, 6.07) is 9.78. The van der Waals surface area contributed by atoms with Crippen molar-refractivity contribution in [3.05, 3.63) is 39.7 Å². The van der Waals surface area contributed by atoms with Crippen LogP contribution in [-0.4, -0.2) is 9.97 Å². The Hall–Kier alpha value is -1.37. The first-order valence-electron chi connectivity index (χ1n) is 5.72. The standard InChI is InChI=1S/C13H15IN4/c1-8(2)13-17-11(15)7-12(18-13)16-10-6-4-3-5-9(10)14/h3-8H,1-2H3,(H3,15,16,17,18). The van der Waals surface area contributed by atoms with Gasteiger partial charge in [-0.25, -0.2) is 9.97 Å². The van der Waals surface area contributed by atoms with E-state index in [1.54, 1.807) is 6.07 Å². The number of hydrogen-bond donors (Lipinski definition) is 2. The molecule has 2 rings (SSSR count). The largest absolute Gasteiger partial charge is 0.384 e. The van der Waals surface area contributed by atoms with Crippen LogP contribution in [0.1, 0.15) is 25.6 Å². The average Bonchev–Trinajstić information content (AvgIpc) is 2.31. The van der Waals surface area contributed by atoms with Gasteiger partial charge < -0.3 is 11.1 Å². The van der Waals surface area contributed by atoms with Gasteiger partial charge in [0.15, 0.2) is 0 Å². The zero-order chi connectivity index (χ0) is 13.1. The van der Waals surface area contributed by atoms with Crippen molar-refractivity contribution >= 4 is 39.9 Å². The number of nitrogens with zero attached hydrogens (tertiary/aromatic N) is 2. The molecular weight excluding hydrogens is 339 g/mol. The molecule has 3 N–H and O–H groups in total. The van der Waals surface area contributed by atoms with E-state index in [1.807, 2.05) is 38.1 Å². The number of hydrogen-bond acceptors (Lipinski definition) is 4. The molecule has 5 heteroatoms. The number of aromatic nitrogens is 2. The zero-order valence-electron chi connectivity index (χ0n) is 10.3. The second kappa shape index (κ2) is 5.51. The van der Waals surface area contributed by atoms with Crippen LogP contribution in [0.5, 0.6) is 0 Å². The van der Waals surface area contributed by atoms with Gasteiger partial charge in [0.25, 0.3) is 0 Å². The molecule has 1 aromatic heterocycles. The molecule has 0 aliphatic heterocycles. The van der Waals surface area contributed by atoms with Crippen molar-refractivity contribution < 1.29 is 0 Å². The number of anilines is 3. The molecule has 0 amide bonds. The van der Waals surface area contributed by atoms with Gasteiger partial charge in [0.1, 0.15) is 17.5 Å². The van der Waals surface area contributed by atoms with E-state index in [-0.39, 0.29) is 5.92 Å². The Morgan fingerprint density at radius 1 is 1.22 bits per heavy atom. The molecule has 0 aliphatic carbocycles. The van der Waals surface area contributed by atoms with E-state index >= 15 is 0 Å². The third kappa shape index (κ3) is 3.10. The molecule has 18 heavy (non-hydrogen) atoms. The highest BCUT2D eigenvalue weighted by Crippen LogP contribution is 2.23. The highest BCUT2D eigenvalue weighted by molar-refractivity contribution is 14.1. The van der Waals surface area contributed by atoms with Crippen LogP contribution in [0.2, 0.25) is 0 Å². The van der Waals surface area contributed by atoms with Gasteiger partial charge in [-0.15, -0.1) is 0 Å². The van der Waals surface area contributed by atoms with Crippen molar-refractivity contribution in [2.45, 2.75) is 19.8 Å². The molecule has 0 radical (unpaired) electrons. The van der Waals surface area contributed by atoms with Gasteiger partial charge in [0, 0.05) is 15.6 Å². The van der Waals surface area contributed by atoms with E-state index in [0.717, 1.165) is 20.9 Å². The number of nitrogen functional groups attached to an aromatic ring is 1. The maximum atomic E-state index is 5.80. The normalized spacial score (nSPS) is 10.7. The fraction of sp³-hybridized carbons (Fsp3) is 0.231. The van der Waals surface area contributed by atoms with Crippen LogP contribution in [0.25, 0.3) is 0 Å². The fourth-order valence-corrected chi connectivity index (χ4v) is 2.03. The molecule has 0 unspecified atom stereocenters. The molecular formula is C13H15IN4. The molecule has 0 saturated heterocycles. The van der Waals surface area contributed by atoms with Crippen molar-refractivity contribution in [3.63, 3.8) is 0 Å². The van der Waals surface area contributed by atoms with Crippen LogP contribution < -0.4 is 11.1 Å². The van der Waals surface area contributed by atoms with Crippen LogP contribution in [0.4, 0.5) is 17.3 Å². The molecule has 0 aliphatic rings. The summed E-state index contributed by atoms with van der Waals surface area (Å²) in [5.41, 5.74) is 6.82. The lowest BCUT2D eigenvalue weighted by Gasteiger charge is -2.11. The molecule has 94 valence electrons. The van der Waals surface area contributed by atoms with Crippen LogP contribution >= 0.6 is 22.6 Å². The van der Waals surface area contributed by atoms with E-state index in [0.29, 0.717) is 5.82 Å². The third-order valence-corrected chi connectivity index (χ3v) is 3.36. The zero-order valence-corrected chi connectivity index (χ0v) is 12.5. The lowest BCUT2D eigenvalue weighted by Crippen LogP contribution is -2.05. The van der Waals surface area contributed by atoms with Gasteiger partial charge in [0.2, 0.25) is 0 Å². The van der Waals surface area contributed by atoms with E-state index < -0.39 is 0 Å². The number of benzene rings is 1. The molecule has 0 fully saturated rings. The number of nitrogens with two attached hydrogens (primary N) is 1. The molecule has 0 atom stereocenters. The maximum absolute atomic E-state index is 5.80. The summed E-state index contributed by atoms with van der Waals surface area (Å²) < 4.78 is 1.14. The van der Waals surface area contributed by atoms with E-state index in [1.165, 1.54) is 0 Å². The minimum absolute atomic E-state index is 0.254. The van der Waals surface area contributed by atoms with E-state index in [4.69, 9.17) is 5.73 Å². The molecule has 0 saturated carbocycles. The lowest BCUT2D eigenvalue weighted by molar-refractivity contribution is 0.779. The Morgan fingerprint density at radius 2 is 1.94 bits per heavy atom. The van der Waals surface area contributed by atoms with Crippen molar-refractivity contribution in [2.75, 3.05) is 11.1 Å². The quantitative estimate of drug-likeness (QED) is 0.828. The minimum Gasteiger partial charge on any atom is -0.384 e. The smallest absolute Gasteiger partial charge is 0.136 e. The molecule has 1 heterocycles. The van der Waals surface area contributed by atoms with Gasteiger partial charge in [0.05, 0.1) is 5.69 Å². The Kier molecular flexibility index (Phi) is 4.00. The lowest BCUT2D eigenvalue weighted by atomic mass is 10.2. The van der Waals surface area contributed by atoms with Crippen LogP contribution in [0.3, 0.4) is 0 Å². The van der Waals surface area contributed by atoms with E-state index in [9.17, 15) is 0 Å². The summed E-state index contributed by atoms with van der Waals surface area (Å²) >= 11 is 2.28. The minimum atomic E-state index is 0.254. The van der Waals surface area contributed by atoms with Gasteiger partial charge in [-0.1, -0.05) is 26.0 Å². The number of nitrogens with one attached hydrogen (secondary N) is 1. The van der Waals surface area contributed by atoms with Gasteiger partial charge >= 0.3 is 0 Å². The topological polar surface area (TPSA) is 63.8 Å². The van der Waals surface area contributed by atoms with Gasteiger partial charge in [-0.3, -0.25) is 0 Å². The number of halogens is 1. The SMILES string of the molecule is CC(C)c1nc(N)cc(Nc2ccccc2I)n1. The highest BCUT2D eigenvalue weighted by Gasteiger charge is 2.07. The Balaban J connectivity index is 2.32. The molecule has 2 aromatic rings. The van der Waals surface area contributed by atoms with Gasteiger partial charge in [-0.05, 0) is 34.7 Å². The highest BCUT2D eigenvalue weighted by atomic mass is 127. The Bertz CT molecular complexity index is 554. The Labute approximate surface area is 120 Å². The summed E-state index contributed by atoms with van der Waals surface area (Å²) in [5, 5.41) is 3.27. The number of rotatable bonds is 3. The average molecular weight is 354 g/mol. The molecule has 4 nitrogen and oxygen atoms in total. The third-order valence-electron chi connectivity index (χ3n) is 2.42. The van der Waals surface area contributed by atoms with E-state index in [2.05, 4.69) is 37.9 Å². The second-order valence-corrected chi connectivity index (χ2v) is 5.46. The van der Waals surface area contributed by atoms with Crippen molar-refractivity contribution in [3.8, 4) is 0 Å². The maximum Gasteiger partial charge on any atom is 0.136 e. The molecule has 0 bridgehead atoms. The van der Waals surface area contributed by atoms with Crippen LogP contribution in [-0.2, 0) is 0 Å². The van der Waals surface area contributed by atoms with Crippen LogP contribution in [0.15, 0.2) is 30.3 Å². The Morgan fingerprint density at radius 3 is 2.61 bits per heavy atom. The van der Waals surface area contributed by atoms with Crippen molar-refractivity contribution in [1.82, 2.24) is 9.97 Å². The van der Waals surface area contributed by atoms with Crippen molar-refractivity contribution in [1.29, 1.82) is 0 Å².